The molecular formula is C21H22ClN3O2S. The number of hydrogen-bond acceptors (Lipinski definition) is 4. The van der Waals surface area contributed by atoms with E-state index in [9.17, 15) is 4.79 Å². The van der Waals surface area contributed by atoms with Crippen LogP contribution in [0, 0.1) is 0 Å². The van der Waals surface area contributed by atoms with Crippen LogP contribution < -0.4 is 0 Å². The summed E-state index contributed by atoms with van der Waals surface area (Å²) >= 11 is 7.78. The fraction of sp³-hybridized carbons (Fsp3) is 0.286. The zero-order valence-electron chi connectivity index (χ0n) is 15.8. The van der Waals surface area contributed by atoms with Gasteiger partial charge in [0.2, 0.25) is 0 Å². The summed E-state index contributed by atoms with van der Waals surface area (Å²) in [4.78, 5) is 21.1. The summed E-state index contributed by atoms with van der Waals surface area (Å²) < 4.78 is 2.12. The van der Waals surface area contributed by atoms with Gasteiger partial charge in [0, 0.05) is 35.3 Å². The zero-order valence-corrected chi connectivity index (χ0v) is 17.4. The van der Waals surface area contributed by atoms with Crippen LogP contribution in [0.25, 0.3) is 0 Å². The van der Waals surface area contributed by atoms with Crippen LogP contribution >= 0.6 is 23.4 Å². The van der Waals surface area contributed by atoms with E-state index in [0.717, 1.165) is 27.0 Å². The Kier molecular flexibility index (Phi) is 6.75. The molecule has 5 nitrogen and oxygen atoms in total. The number of aryl methyl sites for hydroxylation is 1. The highest BCUT2D eigenvalue weighted by Crippen LogP contribution is 2.36. The van der Waals surface area contributed by atoms with Gasteiger partial charge in [-0.25, -0.2) is 4.98 Å². The van der Waals surface area contributed by atoms with Crippen LogP contribution in [0.4, 0.5) is 0 Å². The minimum atomic E-state index is -0.825. The average Bonchev–Trinajstić information content (AvgIpc) is 2.98. The van der Waals surface area contributed by atoms with Crippen LogP contribution in [0.5, 0.6) is 0 Å². The maximum absolute atomic E-state index is 11.1. The van der Waals surface area contributed by atoms with Gasteiger partial charge in [-0.2, -0.15) is 0 Å². The molecule has 0 amide bonds. The summed E-state index contributed by atoms with van der Waals surface area (Å²) in [6.45, 7) is 4.81. The zero-order chi connectivity index (χ0) is 20.1. The lowest BCUT2D eigenvalue weighted by Gasteiger charge is -2.13. The third-order valence-electron chi connectivity index (χ3n) is 4.24. The molecule has 0 saturated carbocycles. The highest BCUT2D eigenvalue weighted by Gasteiger charge is 2.21. The molecule has 0 bridgehead atoms. The Labute approximate surface area is 173 Å². The molecule has 0 radical (unpaired) electrons. The first-order valence-corrected chi connectivity index (χ1v) is 10.3. The third-order valence-corrected chi connectivity index (χ3v) is 5.58. The molecule has 0 unspecified atom stereocenters. The molecule has 1 N–H and O–H groups in total. The lowest BCUT2D eigenvalue weighted by Crippen LogP contribution is -2.09. The van der Waals surface area contributed by atoms with E-state index in [1.165, 1.54) is 0 Å². The number of carboxylic acids is 1. The molecule has 28 heavy (non-hydrogen) atoms. The van der Waals surface area contributed by atoms with Crippen molar-refractivity contribution in [2.45, 2.75) is 49.1 Å². The molecule has 0 aliphatic carbocycles. The number of halogens is 1. The van der Waals surface area contributed by atoms with Crippen molar-refractivity contribution in [1.82, 2.24) is 14.5 Å². The smallest absolute Gasteiger partial charge is 0.303 e. The topological polar surface area (TPSA) is 68.0 Å². The fourth-order valence-electron chi connectivity index (χ4n) is 2.87. The van der Waals surface area contributed by atoms with Crippen molar-refractivity contribution in [3.8, 4) is 0 Å². The minimum absolute atomic E-state index is 0.0478. The van der Waals surface area contributed by atoms with E-state index < -0.39 is 5.97 Å². The van der Waals surface area contributed by atoms with E-state index in [2.05, 4.69) is 23.4 Å². The fourth-order valence-corrected chi connectivity index (χ4v) is 4.35. The van der Waals surface area contributed by atoms with Crippen molar-refractivity contribution in [3.05, 3.63) is 70.9 Å². The number of aromatic nitrogens is 3. The third kappa shape index (κ3) is 5.14. The summed E-state index contributed by atoms with van der Waals surface area (Å²) in [5.74, 6) is 0.171. The number of rotatable bonds is 8. The predicted octanol–water partition coefficient (Wildman–Crippen LogP) is 5.27. The Morgan fingerprint density at radius 3 is 2.64 bits per heavy atom. The molecule has 0 spiro atoms. The van der Waals surface area contributed by atoms with Gasteiger partial charge in [0.15, 0.2) is 0 Å². The van der Waals surface area contributed by atoms with E-state index in [-0.39, 0.29) is 12.3 Å². The second-order valence-electron chi connectivity index (χ2n) is 6.77. The van der Waals surface area contributed by atoms with Crippen LogP contribution in [-0.4, -0.2) is 25.6 Å². The van der Waals surface area contributed by atoms with Gasteiger partial charge in [-0.3, -0.25) is 9.78 Å². The van der Waals surface area contributed by atoms with Crippen LogP contribution in [0.3, 0.4) is 0 Å². The first kappa shape index (κ1) is 20.4. The molecule has 146 valence electrons. The van der Waals surface area contributed by atoms with Crippen molar-refractivity contribution in [1.29, 1.82) is 0 Å². The molecule has 7 heteroatoms. The Bertz CT molecular complexity index is 958. The number of imidazole rings is 1. The van der Waals surface area contributed by atoms with Gasteiger partial charge in [0.25, 0.3) is 0 Å². The number of pyridine rings is 1. The van der Waals surface area contributed by atoms with Crippen molar-refractivity contribution in [2.24, 2.45) is 0 Å². The molecule has 0 fully saturated rings. The van der Waals surface area contributed by atoms with E-state index in [1.54, 1.807) is 24.2 Å². The van der Waals surface area contributed by atoms with Gasteiger partial charge in [0.1, 0.15) is 10.9 Å². The molecular weight excluding hydrogens is 394 g/mol. The lowest BCUT2D eigenvalue weighted by molar-refractivity contribution is -0.137. The Hall–Kier alpha value is -2.31. The molecule has 2 aromatic heterocycles. The number of benzene rings is 1. The molecule has 0 aliphatic heterocycles. The Balaban J connectivity index is 2.06. The van der Waals surface area contributed by atoms with E-state index in [1.807, 2.05) is 36.4 Å². The molecule has 3 rings (SSSR count). The highest BCUT2D eigenvalue weighted by molar-refractivity contribution is 7.99. The number of aliphatic carboxylic acids is 1. The average molecular weight is 416 g/mol. The van der Waals surface area contributed by atoms with Gasteiger partial charge in [-0.15, -0.1) is 0 Å². The van der Waals surface area contributed by atoms with Crippen molar-refractivity contribution >= 4 is 29.3 Å². The second-order valence-corrected chi connectivity index (χ2v) is 8.27. The monoisotopic (exact) mass is 415 g/mol. The maximum Gasteiger partial charge on any atom is 0.303 e. The summed E-state index contributed by atoms with van der Waals surface area (Å²) in [5.41, 5.74) is 2.06. The van der Waals surface area contributed by atoms with Gasteiger partial charge >= 0.3 is 5.97 Å². The van der Waals surface area contributed by atoms with E-state index >= 15 is 0 Å². The Morgan fingerprint density at radius 1 is 1.25 bits per heavy atom. The maximum atomic E-state index is 11.1. The molecule has 0 saturated heterocycles. The summed E-state index contributed by atoms with van der Waals surface area (Å²) in [7, 11) is 0. The van der Waals surface area contributed by atoms with Crippen molar-refractivity contribution in [2.75, 3.05) is 0 Å². The van der Waals surface area contributed by atoms with Crippen molar-refractivity contribution in [3.63, 3.8) is 0 Å². The second kappa shape index (κ2) is 9.26. The first-order chi connectivity index (χ1) is 13.4. The first-order valence-electron chi connectivity index (χ1n) is 9.07. The summed E-state index contributed by atoms with van der Waals surface area (Å²) in [5, 5.41) is 10.8. The van der Waals surface area contributed by atoms with E-state index in [4.69, 9.17) is 21.7 Å². The standard InChI is InChI=1S/C21H22ClN3O2S/c1-14(2)20-21(28-17-5-3-4-16(22)12-17)25(13-15-8-10-23-11-9-15)18(24-20)6-7-19(26)27/h3-5,8-12,14H,6-7,13H2,1-2H3,(H,26,27). The molecule has 3 aromatic rings. The number of carboxylic acid groups (broad SMARTS) is 1. The number of carbonyl (C=O) groups is 1. The lowest BCUT2D eigenvalue weighted by atomic mass is 10.1. The Morgan fingerprint density at radius 2 is 2.00 bits per heavy atom. The van der Waals surface area contributed by atoms with Crippen LogP contribution in [0.15, 0.2) is 58.7 Å². The van der Waals surface area contributed by atoms with Crippen molar-refractivity contribution < 1.29 is 9.90 Å². The highest BCUT2D eigenvalue weighted by atomic mass is 35.5. The largest absolute Gasteiger partial charge is 0.481 e. The quantitative estimate of drug-likeness (QED) is 0.542. The summed E-state index contributed by atoms with van der Waals surface area (Å²) in [6.07, 6.45) is 3.95. The van der Waals surface area contributed by atoms with Gasteiger partial charge in [-0.1, -0.05) is 43.3 Å². The molecule has 1 aromatic carbocycles. The SMILES string of the molecule is CC(C)c1nc(CCC(=O)O)n(Cc2ccncc2)c1Sc1cccc(Cl)c1. The van der Waals surface area contributed by atoms with Gasteiger partial charge in [0.05, 0.1) is 12.1 Å². The molecule has 0 aliphatic rings. The van der Waals surface area contributed by atoms with Gasteiger partial charge < -0.3 is 9.67 Å². The molecule has 0 atom stereocenters. The van der Waals surface area contributed by atoms with E-state index in [0.29, 0.717) is 18.0 Å². The number of nitrogens with zero attached hydrogens (tertiary/aromatic N) is 3. The van der Waals surface area contributed by atoms with Crippen LogP contribution in [0.2, 0.25) is 5.02 Å². The predicted molar refractivity (Wildman–Crippen MR) is 111 cm³/mol. The van der Waals surface area contributed by atoms with Gasteiger partial charge in [-0.05, 0) is 41.8 Å². The number of hydrogen-bond donors (Lipinski definition) is 1. The normalized spacial score (nSPS) is 11.1. The van der Waals surface area contributed by atoms with Crippen LogP contribution in [0.1, 0.15) is 43.3 Å². The minimum Gasteiger partial charge on any atom is -0.481 e. The van der Waals surface area contributed by atoms with Crippen LogP contribution in [-0.2, 0) is 17.8 Å². The molecule has 2 heterocycles. The summed E-state index contributed by atoms with van der Waals surface area (Å²) in [6, 6.07) is 11.6.